The number of anilines is 2. The lowest BCUT2D eigenvalue weighted by Crippen LogP contribution is -2.28. The normalized spacial score (nSPS) is 17.2. The van der Waals surface area contributed by atoms with E-state index >= 15 is 0 Å². The van der Waals surface area contributed by atoms with Crippen molar-refractivity contribution in [1.29, 1.82) is 0 Å². The number of halogens is 1. The van der Waals surface area contributed by atoms with Crippen molar-refractivity contribution in [2.24, 2.45) is 5.92 Å². The number of amides is 2. The molecule has 0 radical (unpaired) electrons. The number of fused-ring (bicyclic) bond motifs is 1. The molecule has 2 aromatic carbocycles. The molecule has 1 N–H and O–H groups in total. The van der Waals surface area contributed by atoms with Crippen molar-refractivity contribution < 1.29 is 14.0 Å². The predicted octanol–water partition coefficient (Wildman–Crippen LogP) is 3.43. The minimum absolute atomic E-state index is 0.0606. The number of thiazole rings is 1. The van der Waals surface area contributed by atoms with Crippen LogP contribution >= 0.6 is 11.3 Å². The summed E-state index contributed by atoms with van der Waals surface area (Å²) in [7, 11) is 0. The Labute approximate surface area is 147 Å². The summed E-state index contributed by atoms with van der Waals surface area (Å²) < 4.78 is 14.9. The molecule has 1 atom stereocenters. The number of rotatable bonds is 3. The molecule has 0 aliphatic carbocycles. The lowest BCUT2D eigenvalue weighted by Gasteiger charge is -2.17. The van der Waals surface area contributed by atoms with Gasteiger partial charge >= 0.3 is 0 Å². The number of benzene rings is 2. The van der Waals surface area contributed by atoms with E-state index in [1.165, 1.54) is 22.3 Å². The van der Waals surface area contributed by atoms with Crippen LogP contribution in [0.4, 0.5) is 15.2 Å². The quantitative estimate of drug-likeness (QED) is 0.783. The molecule has 5 nitrogen and oxygen atoms in total. The lowest BCUT2D eigenvalue weighted by molar-refractivity contribution is -0.122. The summed E-state index contributed by atoms with van der Waals surface area (Å²) in [6.07, 6.45) is 0.0606. The van der Waals surface area contributed by atoms with Crippen molar-refractivity contribution in [2.75, 3.05) is 16.8 Å². The number of nitrogens with one attached hydrogen (secondary N) is 1. The summed E-state index contributed by atoms with van der Waals surface area (Å²) in [6.45, 7) is 0.163. The van der Waals surface area contributed by atoms with Gasteiger partial charge in [-0.1, -0.05) is 35.6 Å². The number of hydrogen-bond donors (Lipinski definition) is 1. The van der Waals surface area contributed by atoms with Crippen molar-refractivity contribution in [3.63, 3.8) is 0 Å². The van der Waals surface area contributed by atoms with Gasteiger partial charge in [-0.25, -0.2) is 9.37 Å². The number of hydrogen-bond acceptors (Lipinski definition) is 4. The SMILES string of the molecule is O=C(Nc1nc2ccccc2s1)C1CC(=O)N(c2ccccc2F)C1. The van der Waals surface area contributed by atoms with Gasteiger partial charge in [-0.2, -0.15) is 0 Å². The summed E-state index contributed by atoms with van der Waals surface area (Å²) in [5.74, 6) is -1.53. The summed E-state index contributed by atoms with van der Waals surface area (Å²) in [6, 6.07) is 13.7. The highest BCUT2D eigenvalue weighted by Crippen LogP contribution is 2.29. The number of aromatic nitrogens is 1. The second-order valence-corrected chi connectivity index (χ2v) is 6.86. The van der Waals surface area contributed by atoms with Crippen LogP contribution in [0.3, 0.4) is 0 Å². The molecule has 7 heteroatoms. The Bertz CT molecular complexity index is 939. The molecule has 126 valence electrons. The highest BCUT2D eigenvalue weighted by Gasteiger charge is 2.36. The minimum atomic E-state index is -0.529. The second-order valence-electron chi connectivity index (χ2n) is 5.83. The third-order valence-corrected chi connectivity index (χ3v) is 5.11. The van der Waals surface area contributed by atoms with Crippen LogP contribution in [-0.2, 0) is 9.59 Å². The van der Waals surface area contributed by atoms with Gasteiger partial charge in [-0.3, -0.25) is 9.59 Å². The van der Waals surface area contributed by atoms with E-state index in [9.17, 15) is 14.0 Å². The molecule has 1 saturated heterocycles. The highest BCUT2D eigenvalue weighted by atomic mass is 32.1. The summed E-state index contributed by atoms with van der Waals surface area (Å²) in [4.78, 5) is 30.4. The zero-order valence-corrected chi connectivity index (χ0v) is 13.9. The van der Waals surface area contributed by atoms with Gasteiger partial charge in [-0.15, -0.1) is 0 Å². The predicted molar refractivity (Wildman–Crippen MR) is 95.1 cm³/mol. The standard InChI is InChI=1S/C18H14FN3O2S/c19-12-5-1-3-7-14(12)22-10-11(9-16(22)23)17(24)21-18-20-13-6-2-4-8-15(13)25-18/h1-8,11H,9-10H2,(H,20,21,24). The van der Waals surface area contributed by atoms with Crippen LogP contribution in [0.5, 0.6) is 0 Å². The molecule has 3 aromatic rings. The third kappa shape index (κ3) is 2.98. The molecular formula is C18H14FN3O2S. The van der Waals surface area contributed by atoms with E-state index in [4.69, 9.17) is 0 Å². The van der Waals surface area contributed by atoms with Crippen LogP contribution in [0.1, 0.15) is 6.42 Å². The maximum absolute atomic E-state index is 13.9. The van der Waals surface area contributed by atoms with E-state index in [2.05, 4.69) is 10.3 Å². The van der Waals surface area contributed by atoms with Crippen LogP contribution in [-0.4, -0.2) is 23.3 Å². The number of carbonyl (C=O) groups is 2. The first-order valence-electron chi connectivity index (χ1n) is 7.83. The van der Waals surface area contributed by atoms with Crippen molar-refractivity contribution in [2.45, 2.75) is 6.42 Å². The molecule has 0 bridgehead atoms. The molecule has 4 rings (SSSR count). The van der Waals surface area contributed by atoms with Gasteiger partial charge in [0.15, 0.2) is 5.13 Å². The van der Waals surface area contributed by atoms with Gasteiger partial charge in [0.05, 0.1) is 21.8 Å². The van der Waals surface area contributed by atoms with Gasteiger partial charge in [0.2, 0.25) is 11.8 Å². The molecule has 1 fully saturated rings. The zero-order chi connectivity index (χ0) is 17.4. The molecule has 1 unspecified atom stereocenters. The van der Waals surface area contributed by atoms with Crippen LogP contribution in [0.25, 0.3) is 10.2 Å². The lowest BCUT2D eigenvalue weighted by atomic mass is 10.1. The topological polar surface area (TPSA) is 62.3 Å². The smallest absolute Gasteiger partial charge is 0.231 e. The van der Waals surface area contributed by atoms with Crippen molar-refractivity contribution in [3.8, 4) is 0 Å². The summed E-state index contributed by atoms with van der Waals surface area (Å²) >= 11 is 1.38. The Morgan fingerprint density at radius 2 is 1.96 bits per heavy atom. The van der Waals surface area contributed by atoms with Crippen molar-refractivity contribution in [1.82, 2.24) is 4.98 Å². The maximum atomic E-state index is 13.9. The van der Waals surface area contributed by atoms with E-state index in [1.54, 1.807) is 18.2 Å². The first kappa shape index (κ1) is 15.7. The fourth-order valence-electron chi connectivity index (χ4n) is 2.92. The number of para-hydroxylation sites is 2. The fourth-order valence-corrected chi connectivity index (χ4v) is 3.79. The molecule has 1 aliphatic rings. The highest BCUT2D eigenvalue weighted by molar-refractivity contribution is 7.22. The van der Waals surface area contributed by atoms with Gasteiger partial charge in [0.1, 0.15) is 5.82 Å². The molecule has 1 aliphatic heterocycles. The minimum Gasteiger partial charge on any atom is -0.309 e. The molecule has 0 saturated carbocycles. The average Bonchev–Trinajstić information content (AvgIpc) is 3.18. The zero-order valence-electron chi connectivity index (χ0n) is 13.1. The van der Waals surface area contributed by atoms with Crippen LogP contribution < -0.4 is 10.2 Å². The van der Waals surface area contributed by atoms with E-state index in [0.29, 0.717) is 5.13 Å². The van der Waals surface area contributed by atoms with Crippen LogP contribution in [0.15, 0.2) is 48.5 Å². The maximum Gasteiger partial charge on any atom is 0.231 e. The fraction of sp³-hybridized carbons (Fsp3) is 0.167. The van der Waals surface area contributed by atoms with Crippen molar-refractivity contribution in [3.05, 3.63) is 54.3 Å². The van der Waals surface area contributed by atoms with E-state index in [1.807, 2.05) is 24.3 Å². The molecule has 0 spiro atoms. The molecule has 25 heavy (non-hydrogen) atoms. The summed E-state index contributed by atoms with van der Waals surface area (Å²) in [5, 5.41) is 3.28. The van der Waals surface area contributed by atoms with Gasteiger partial charge in [0, 0.05) is 13.0 Å². The molecule has 2 heterocycles. The largest absolute Gasteiger partial charge is 0.309 e. The molecule has 1 aromatic heterocycles. The van der Waals surface area contributed by atoms with Crippen LogP contribution in [0.2, 0.25) is 0 Å². The molecular weight excluding hydrogens is 341 g/mol. The Morgan fingerprint density at radius 3 is 2.76 bits per heavy atom. The Balaban J connectivity index is 1.50. The van der Waals surface area contributed by atoms with Gasteiger partial charge in [0.25, 0.3) is 0 Å². The average molecular weight is 355 g/mol. The second kappa shape index (κ2) is 6.25. The van der Waals surface area contributed by atoms with Gasteiger partial charge < -0.3 is 10.2 Å². The van der Waals surface area contributed by atoms with Crippen molar-refractivity contribution >= 4 is 44.2 Å². The number of carbonyl (C=O) groups excluding carboxylic acids is 2. The Morgan fingerprint density at radius 1 is 1.20 bits per heavy atom. The Kier molecular flexibility index (Phi) is 3.93. The molecule has 2 amide bonds. The Hall–Kier alpha value is -2.80. The monoisotopic (exact) mass is 355 g/mol. The first-order chi connectivity index (χ1) is 12.1. The number of nitrogens with zero attached hydrogens (tertiary/aromatic N) is 2. The third-order valence-electron chi connectivity index (χ3n) is 4.16. The van der Waals surface area contributed by atoms with Crippen LogP contribution in [0, 0.1) is 11.7 Å². The van der Waals surface area contributed by atoms with E-state index in [0.717, 1.165) is 10.2 Å². The van der Waals surface area contributed by atoms with E-state index in [-0.39, 0.29) is 30.5 Å². The first-order valence-corrected chi connectivity index (χ1v) is 8.65. The summed E-state index contributed by atoms with van der Waals surface area (Å²) in [5.41, 5.74) is 1.03. The van der Waals surface area contributed by atoms with Gasteiger partial charge in [-0.05, 0) is 24.3 Å². The van der Waals surface area contributed by atoms with E-state index < -0.39 is 11.7 Å².